The SMILES string of the molecule is O=C(c1cn(Cc2cccc(F)c2Br)nn1)C(F)(F)F. The molecular weight excluding hydrogens is 346 g/mol. The van der Waals surface area contributed by atoms with Crippen molar-refractivity contribution in [2.24, 2.45) is 0 Å². The Bertz CT molecular complexity index is 653. The molecule has 0 aliphatic heterocycles. The Morgan fingerprint density at radius 2 is 2.05 bits per heavy atom. The Hall–Kier alpha value is -1.77. The van der Waals surface area contributed by atoms with E-state index in [2.05, 4.69) is 26.2 Å². The van der Waals surface area contributed by atoms with E-state index in [1.54, 1.807) is 6.07 Å². The Labute approximate surface area is 118 Å². The van der Waals surface area contributed by atoms with Crippen LogP contribution >= 0.6 is 15.9 Å². The summed E-state index contributed by atoms with van der Waals surface area (Å²) in [5, 5.41) is 6.58. The Morgan fingerprint density at radius 3 is 2.70 bits per heavy atom. The van der Waals surface area contributed by atoms with Crippen LogP contribution in [-0.2, 0) is 6.54 Å². The van der Waals surface area contributed by atoms with Crippen molar-refractivity contribution in [3.8, 4) is 0 Å². The van der Waals surface area contributed by atoms with Crippen LogP contribution in [0.2, 0.25) is 0 Å². The van der Waals surface area contributed by atoms with E-state index >= 15 is 0 Å². The Morgan fingerprint density at radius 1 is 1.35 bits per heavy atom. The highest BCUT2D eigenvalue weighted by molar-refractivity contribution is 9.10. The van der Waals surface area contributed by atoms with Crippen LogP contribution in [0.4, 0.5) is 17.6 Å². The maximum atomic E-state index is 13.3. The average molecular weight is 352 g/mol. The van der Waals surface area contributed by atoms with E-state index in [4.69, 9.17) is 0 Å². The van der Waals surface area contributed by atoms with Crippen molar-refractivity contribution in [2.75, 3.05) is 0 Å². The van der Waals surface area contributed by atoms with Crippen LogP contribution in [0.25, 0.3) is 0 Å². The Balaban J connectivity index is 2.22. The molecule has 9 heteroatoms. The van der Waals surface area contributed by atoms with Gasteiger partial charge in [0.15, 0.2) is 5.69 Å². The zero-order valence-corrected chi connectivity index (χ0v) is 11.2. The number of ketones is 1. The second kappa shape index (κ2) is 5.31. The lowest BCUT2D eigenvalue weighted by Crippen LogP contribution is -2.23. The highest BCUT2D eigenvalue weighted by Gasteiger charge is 2.41. The predicted octanol–water partition coefficient (Wildman–Crippen LogP) is 2.97. The molecule has 0 amide bonds. The van der Waals surface area contributed by atoms with Gasteiger partial charge in [0.05, 0.1) is 17.2 Å². The second-order valence-electron chi connectivity index (χ2n) is 3.84. The molecule has 1 aromatic carbocycles. The van der Waals surface area contributed by atoms with E-state index in [0.717, 1.165) is 10.9 Å². The maximum absolute atomic E-state index is 13.3. The molecule has 1 aromatic heterocycles. The molecule has 0 fully saturated rings. The van der Waals surface area contributed by atoms with Gasteiger partial charge in [0.25, 0.3) is 5.78 Å². The van der Waals surface area contributed by atoms with Gasteiger partial charge >= 0.3 is 6.18 Å². The van der Waals surface area contributed by atoms with Crippen LogP contribution in [0, 0.1) is 5.82 Å². The number of Topliss-reactive ketones (excluding diaryl/α,β-unsaturated/α-hetero) is 1. The first-order chi connectivity index (χ1) is 9.29. The molecule has 0 aliphatic carbocycles. The summed E-state index contributed by atoms with van der Waals surface area (Å²) in [6, 6.07) is 4.25. The van der Waals surface area contributed by atoms with Gasteiger partial charge in [-0.3, -0.25) is 4.79 Å². The first kappa shape index (κ1) is 14.6. The lowest BCUT2D eigenvalue weighted by atomic mass is 10.2. The molecule has 106 valence electrons. The van der Waals surface area contributed by atoms with Gasteiger partial charge in [0.1, 0.15) is 5.82 Å². The van der Waals surface area contributed by atoms with E-state index in [1.807, 2.05) is 0 Å². The molecule has 0 unspecified atom stereocenters. The molecule has 4 nitrogen and oxygen atoms in total. The van der Waals surface area contributed by atoms with Gasteiger partial charge in [0.2, 0.25) is 0 Å². The number of benzene rings is 1. The number of halogens is 5. The number of carbonyl (C=O) groups excluding carboxylic acids is 1. The van der Waals surface area contributed by atoms with Crippen LogP contribution in [0.3, 0.4) is 0 Å². The summed E-state index contributed by atoms with van der Waals surface area (Å²) >= 11 is 3.02. The number of alkyl halides is 3. The molecule has 2 rings (SSSR count). The quantitative estimate of drug-likeness (QED) is 0.630. The van der Waals surface area contributed by atoms with Crippen LogP contribution in [0.15, 0.2) is 28.9 Å². The normalized spacial score (nSPS) is 11.7. The lowest BCUT2D eigenvalue weighted by molar-refractivity contribution is -0.0888. The third-order valence-corrected chi connectivity index (χ3v) is 3.28. The Kier molecular flexibility index (Phi) is 3.89. The molecule has 0 bridgehead atoms. The third-order valence-electron chi connectivity index (χ3n) is 2.39. The predicted molar refractivity (Wildman–Crippen MR) is 63.6 cm³/mol. The topological polar surface area (TPSA) is 47.8 Å². The molecule has 0 aliphatic rings. The number of aromatic nitrogens is 3. The van der Waals surface area contributed by atoms with Crippen molar-refractivity contribution in [2.45, 2.75) is 12.7 Å². The van der Waals surface area contributed by atoms with Crippen molar-refractivity contribution in [3.05, 3.63) is 45.9 Å². The highest BCUT2D eigenvalue weighted by atomic mass is 79.9. The summed E-state index contributed by atoms with van der Waals surface area (Å²) in [6.07, 6.45) is -4.13. The number of hydrogen-bond acceptors (Lipinski definition) is 3. The summed E-state index contributed by atoms with van der Waals surface area (Å²) in [4.78, 5) is 10.9. The van der Waals surface area contributed by atoms with E-state index < -0.39 is 23.5 Å². The minimum absolute atomic E-state index is 0.0174. The second-order valence-corrected chi connectivity index (χ2v) is 4.63. The number of nitrogens with zero attached hydrogens (tertiary/aromatic N) is 3. The smallest absolute Gasteiger partial charge is 0.282 e. The van der Waals surface area contributed by atoms with Crippen LogP contribution in [0.1, 0.15) is 16.1 Å². The fourth-order valence-electron chi connectivity index (χ4n) is 1.47. The summed E-state index contributed by atoms with van der Waals surface area (Å²) in [5.41, 5.74) is -0.342. The van der Waals surface area contributed by atoms with Crippen molar-refractivity contribution in [3.63, 3.8) is 0 Å². The zero-order valence-electron chi connectivity index (χ0n) is 9.66. The third kappa shape index (κ3) is 3.03. The summed E-state index contributed by atoms with van der Waals surface area (Å²) < 4.78 is 51.1. The summed E-state index contributed by atoms with van der Waals surface area (Å²) in [6.45, 7) is -0.0174. The van der Waals surface area contributed by atoms with Gasteiger partial charge in [-0.1, -0.05) is 17.3 Å². The highest BCUT2D eigenvalue weighted by Crippen LogP contribution is 2.22. The lowest BCUT2D eigenvalue weighted by Gasteiger charge is -2.04. The summed E-state index contributed by atoms with van der Waals surface area (Å²) in [7, 11) is 0. The molecule has 0 radical (unpaired) electrons. The van der Waals surface area contributed by atoms with Crippen molar-refractivity contribution in [1.82, 2.24) is 15.0 Å². The fraction of sp³-hybridized carbons (Fsp3) is 0.182. The molecule has 0 N–H and O–H groups in total. The first-order valence-electron chi connectivity index (χ1n) is 5.23. The van der Waals surface area contributed by atoms with Gasteiger partial charge in [-0.05, 0) is 27.6 Å². The minimum atomic E-state index is -5.00. The van der Waals surface area contributed by atoms with Gasteiger partial charge < -0.3 is 0 Å². The molecule has 0 atom stereocenters. The fourth-order valence-corrected chi connectivity index (χ4v) is 1.86. The van der Waals surface area contributed by atoms with E-state index in [0.29, 0.717) is 5.56 Å². The van der Waals surface area contributed by atoms with E-state index in [-0.39, 0.29) is 11.0 Å². The molecule has 0 saturated carbocycles. The van der Waals surface area contributed by atoms with Crippen molar-refractivity contribution in [1.29, 1.82) is 0 Å². The number of rotatable bonds is 3. The molecule has 20 heavy (non-hydrogen) atoms. The molecule has 0 saturated heterocycles. The molecule has 2 aromatic rings. The van der Waals surface area contributed by atoms with Gasteiger partial charge in [-0.15, -0.1) is 5.10 Å². The maximum Gasteiger partial charge on any atom is 0.456 e. The van der Waals surface area contributed by atoms with Gasteiger partial charge in [-0.2, -0.15) is 13.2 Å². The molecular formula is C11H6BrF4N3O. The first-order valence-corrected chi connectivity index (χ1v) is 6.03. The van der Waals surface area contributed by atoms with Gasteiger partial charge in [-0.25, -0.2) is 9.07 Å². The van der Waals surface area contributed by atoms with E-state index in [1.165, 1.54) is 12.1 Å². The van der Waals surface area contributed by atoms with Crippen LogP contribution in [0.5, 0.6) is 0 Å². The number of hydrogen-bond donors (Lipinski definition) is 0. The van der Waals surface area contributed by atoms with Crippen LogP contribution < -0.4 is 0 Å². The van der Waals surface area contributed by atoms with E-state index in [9.17, 15) is 22.4 Å². The molecule has 1 heterocycles. The average Bonchev–Trinajstić information content (AvgIpc) is 2.81. The largest absolute Gasteiger partial charge is 0.456 e. The monoisotopic (exact) mass is 351 g/mol. The van der Waals surface area contributed by atoms with Crippen molar-refractivity contribution >= 4 is 21.7 Å². The standard InChI is InChI=1S/C11H6BrF4N3O/c12-9-6(2-1-3-7(9)13)4-19-5-8(17-18-19)10(20)11(14,15)16/h1-3,5H,4H2. The van der Waals surface area contributed by atoms with Gasteiger partial charge in [0, 0.05) is 0 Å². The van der Waals surface area contributed by atoms with Crippen molar-refractivity contribution < 1.29 is 22.4 Å². The zero-order chi connectivity index (χ0) is 14.9. The summed E-state index contributed by atoms with van der Waals surface area (Å²) in [5.74, 6) is -2.57. The number of carbonyl (C=O) groups is 1. The van der Waals surface area contributed by atoms with Crippen LogP contribution in [-0.4, -0.2) is 27.0 Å². The minimum Gasteiger partial charge on any atom is -0.282 e. The molecule has 0 spiro atoms.